The molecule has 0 fully saturated rings. The van der Waals surface area contributed by atoms with Crippen molar-refractivity contribution >= 4 is 44.2 Å². The van der Waals surface area contributed by atoms with Gasteiger partial charge in [0.15, 0.2) is 0 Å². The standard InChI is InChI=1S/C31H29NS3/c1-23(30-27(19-20-33-30)17-9-15-25-11-5-3-6-12-25)34-24(2)31-28(21-29(22-32)35-31)18-10-16-26-13-7-4-8-14-26/h3-8,11-14,19-21H,1-2,9-10,15-18H2. The second kappa shape index (κ2) is 12.7. The number of thioether (sulfide) groups is 1. The van der Waals surface area contributed by atoms with E-state index in [0.29, 0.717) is 0 Å². The summed E-state index contributed by atoms with van der Waals surface area (Å²) in [6.07, 6.45) is 6.27. The molecule has 0 saturated carbocycles. The topological polar surface area (TPSA) is 23.8 Å². The Hall–Kier alpha value is -2.84. The van der Waals surface area contributed by atoms with Crippen molar-refractivity contribution in [3.05, 3.63) is 128 Å². The van der Waals surface area contributed by atoms with Crippen LogP contribution in [0.2, 0.25) is 0 Å². The molecule has 35 heavy (non-hydrogen) atoms. The van der Waals surface area contributed by atoms with Gasteiger partial charge in [-0.3, -0.25) is 0 Å². The molecule has 2 aromatic heterocycles. The fourth-order valence-electron chi connectivity index (χ4n) is 4.18. The molecule has 0 atom stereocenters. The fourth-order valence-corrected chi connectivity index (χ4v) is 7.14. The van der Waals surface area contributed by atoms with Crippen LogP contribution in [-0.4, -0.2) is 0 Å². The van der Waals surface area contributed by atoms with Crippen LogP contribution < -0.4 is 0 Å². The van der Waals surface area contributed by atoms with Crippen LogP contribution in [0.1, 0.15) is 49.7 Å². The molecule has 4 rings (SSSR count). The van der Waals surface area contributed by atoms with Crippen molar-refractivity contribution in [2.75, 3.05) is 0 Å². The second-order valence-corrected chi connectivity index (χ2v) is 11.6. The van der Waals surface area contributed by atoms with Gasteiger partial charge in [0.05, 0.1) is 0 Å². The molecule has 4 heteroatoms. The van der Waals surface area contributed by atoms with Crippen molar-refractivity contribution < 1.29 is 0 Å². The molecule has 0 N–H and O–H groups in total. The van der Waals surface area contributed by atoms with E-state index in [1.165, 1.54) is 27.1 Å². The van der Waals surface area contributed by atoms with Gasteiger partial charge in [-0.2, -0.15) is 5.26 Å². The lowest BCUT2D eigenvalue weighted by Crippen LogP contribution is -1.92. The van der Waals surface area contributed by atoms with Crippen LogP contribution in [0, 0.1) is 11.3 Å². The van der Waals surface area contributed by atoms with Gasteiger partial charge in [0.2, 0.25) is 0 Å². The highest BCUT2D eigenvalue weighted by Gasteiger charge is 2.16. The normalized spacial score (nSPS) is 10.7. The first kappa shape index (κ1) is 25.3. The number of nitriles is 1. The molecule has 0 radical (unpaired) electrons. The monoisotopic (exact) mass is 511 g/mol. The molecule has 0 saturated heterocycles. The van der Waals surface area contributed by atoms with Crippen molar-refractivity contribution in [1.29, 1.82) is 5.26 Å². The molecule has 4 aromatic rings. The Kier molecular flexibility index (Phi) is 9.20. The van der Waals surface area contributed by atoms with E-state index in [-0.39, 0.29) is 0 Å². The van der Waals surface area contributed by atoms with Crippen molar-refractivity contribution in [1.82, 2.24) is 0 Å². The summed E-state index contributed by atoms with van der Waals surface area (Å²) in [5, 5.41) is 11.7. The molecule has 1 nitrogen and oxygen atoms in total. The minimum absolute atomic E-state index is 0.750. The van der Waals surface area contributed by atoms with E-state index in [4.69, 9.17) is 0 Å². The summed E-state index contributed by atoms with van der Waals surface area (Å²) in [5.41, 5.74) is 5.32. The summed E-state index contributed by atoms with van der Waals surface area (Å²) in [4.78, 5) is 5.16. The van der Waals surface area contributed by atoms with Crippen LogP contribution in [0.15, 0.2) is 91.3 Å². The molecule has 0 aliphatic rings. The molecule has 0 aliphatic carbocycles. The van der Waals surface area contributed by atoms with Crippen molar-refractivity contribution in [3.8, 4) is 6.07 Å². The predicted octanol–water partition coefficient (Wildman–Crippen LogP) is 9.41. The van der Waals surface area contributed by atoms with Gasteiger partial charge in [-0.25, -0.2) is 0 Å². The molecule has 2 aromatic carbocycles. The van der Waals surface area contributed by atoms with E-state index in [0.717, 1.165) is 58.1 Å². The Labute approximate surface area is 221 Å². The smallest absolute Gasteiger partial charge is 0.110 e. The van der Waals surface area contributed by atoms with Crippen LogP contribution in [0.5, 0.6) is 0 Å². The lowest BCUT2D eigenvalue weighted by molar-refractivity contribution is 0.822. The largest absolute Gasteiger partial charge is 0.192 e. The van der Waals surface area contributed by atoms with Gasteiger partial charge < -0.3 is 0 Å². The fraction of sp³-hybridized carbons (Fsp3) is 0.194. The molecule has 0 bridgehead atoms. The highest BCUT2D eigenvalue weighted by molar-refractivity contribution is 8.16. The summed E-state index contributed by atoms with van der Waals surface area (Å²) in [5.74, 6) is 0. The van der Waals surface area contributed by atoms with Gasteiger partial charge in [-0.05, 0) is 78.3 Å². The Morgan fingerprint density at radius 2 is 1.31 bits per heavy atom. The van der Waals surface area contributed by atoms with Crippen molar-refractivity contribution in [2.45, 2.75) is 38.5 Å². The Bertz CT molecular complexity index is 1310. The van der Waals surface area contributed by atoms with Crippen LogP contribution >= 0.6 is 34.4 Å². The zero-order valence-corrected chi connectivity index (χ0v) is 22.3. The van der Waals surface area contributed by atoms with Gasteiger partial charge in [0.25, 0.3) is 0 Å². The number of hydrogen-bond acceptors (Lipinski definition) is 4. The number of hydrogen-bond donors (Lipinski definition) is 0. The van der Waals surface area contributed by atoms with E-state index >= 15 is 0 Å². The Balaban J connectivity index is 1.37. The molecule has 0 aliphatic heterocycles. The minimum atomic E-state index is 0.750. The Morgan fingerprint density at radius 1 is 0.743 bits per heavy atom. The third kappa shape index (κ3) is 7.08. The molecule has 176 valence electrons. The second-order valence-electron chi connectivity index (χ2n) is 8.48. The molecular weight excluding hydrogens is 483 g/mol. The average molecular weight is 512 g/mol. The summed E-state index contributed by atoms with van der Waals surface area (Å²) in [7, 11) is 0. The van der Waals surface area contributed by atoms with E-state index < -0.39 is 0 Å². The first-order chi connectivity index (χ1) is 17.1. The highest BCUT2D eigenvalue weighted by Crippen LogP contribution is 2.43. The number of thiophene rings is 2. The quantitative estimate of drug-likeness (QED) is 0.189. The maximum absolute atomic E-state index is 9.50. The molecule has 0 unspecified atom stereocenters. The van der Waals surface area contributed by atoms with E-state index in [9.17, 15) is 5.26 Å². The van der Waals surface area contributed by atoms with E-state index in [2.05, 4.69) is 91.3 Å². The van der Waals surface area contributed by atoms with Gasteiger partial charge in [0.1, 0.15) is 10.9 Å². The van der Waals surface area contributed by atoms with Gasteiger partial charge in [-0.15, -0.1) is 22.7 Å². The minimum Gasteiger partial charge on any atom is -0.192 e. The zero-order valence-electron chi connectivity index (χ0n) is 19.8. The van der Waals surface area contributed by atoms with E-state index in [1.807, 2.05) is 6.07 Å². The Morgan fingerprint density at radius 3 is 1.91 bits per heavy atom. The number of nitrogens with zero attached hydrogens (tertiary/aromatic N) is 1. The molecule has 0 amide bonds. The van der Waals surface area contributed by atoms with Crippen molar-refractivity contribution in [2.24, 2.45) is 0 Å². The maximum Gasteiger partial charge on any atom is 0.110 e. The highest BCUT2D eigenvalue weighted by atomic mass is 32.2. The zero-order chi connectivity index (χ0) is 24.5. The first-order valence-electron chi connectivity index (χ1n) is 11.9. The van der Waals surface area contributed by atoms with Gasteiger partial charge in [0, 0.05) is 19.6 Å². The summed E-state index contributed by atoms with van der Waals surface area (Å²) in [6.45, 7) is 8.79. The summed E-state index contributed by atoms with van der Waals surface area (Å²) >= 11 is 4.95. The third-order valence-electron chi connectivity index (χ3n) is 5.93. The van der Waals surface area contributed by atoms with Crippen molar-refractivity contribution in [3.63, 3.8) is 0 Å². The van der Waals surface area contributed by atoms with Crippen LogP contribution in [0.25, 0.3) is 9.81 Å². The lowest BCUT2D eigenvalue weighted by Gasteiger charge is -2.10. The number of aryl methyl sites for hydroxylation is 4. The molecule has 0 spiro atoms. The van der Waals surface area contributed by atoms with Crippen LogP contribution in [0.4, 0.5) is 0 Å². The average Bonchev–Trinajstić information content (AvgIpc) is 3.52. The molecule has 2 heterocycles. The summed E-state index contributed by atoms with van der Waals surface area (Å²) < 4.78 is 0. The van der Waals surface area contributed by atoms with Gasteiger partial charge in [-0.1, -0.05) is 85.6 Å². The third-order valence-corrected chi connectivity index (χ3v) is 9.25. The van der Waals surface area contributed by atoms with Crippen LogP contribution in [0.3, 0.4) is 0 Å². The number of benzene rings is 2. The van der Waals surface area contributed by atoms with Gasteiger partial charge >= 0.3 is 0 Å². The predicted molar refractivity (Wildman–Crippen MR) is 156 cm³/mol. The molecular formula is C31H29NS3. The SMILES string of the molecule is C=C(SC(=C)c1sc(C#N)cc1CCCc1ccccc1)c1sccc1CCCc1ccccc1. The van der Waals surface area contributed by atoms with E-state index in [1.54, 1.807) is 34.4 Å². The maximum atomic E-state index is 9.50. The summed E-state index contributed by atoms with van der Waals surface area (Å²) in [6, 6.07) is 27.8. The number of rotatable bonds is 12. The first-order valence-corrected chi connectivity index (χ1v) is 14.4. The lowest BCUT2D eigenvalue weighted by atomic mass is 10.0. The van der Waals surface area contributed by atoms with Crippen LogP contribution in [-0.2, 0) is 25.7 Å².